The molecule has 0 unspecified atom stereocenters. The summed E-state index contributed by atoms with van der Waals surface area (Å²) >= 11 is 6.41. The predicted molar refractivity (Wildman–Crippen MR) is 122 cm³/mol. The fraction of sp³-hybridized carbons (Fsp3) is 0.280. The van der Waals surface area contributed by atoms with Crippen LogP contribution in [0.1, 0.15) is 49.3 Å². The lowest BCUT2D eigenvalue weighted by Gasteiger charge is -2.15. The van der Waals surface area contributed by atoms with E-state index in [1.807, 2.05) is 61.5 Å². The van der Waals surface area contributed by atoms with E-state index >= 15 is 0 Å². The smallest absolute Gasteiger partial charge is 0.332 e. The number of aliphatic carboxylic acids is 1. The van der Waals surface area contributed by atoms with Crippen molar-refractivity contribution < 1.29 is 9.90 Å². The second-order valence-corrected chi connectivity index (χ2v) is 7.82. The largest absolute Gasteiger partial charge is 0.478 e. The number of benzene rings is 2. The molecular formula is C25H27ClN2O2. The number of hydrogen-bond acceptors (Lipinski definition) is 2. The van der Waals surface area contributed by atoms with Gasteiger partial charge >= 0.3 is 5.97 Å². The standard InChI is InChI=1S/C25H27ClN2O2/c1-3-4-14-24-27-16-23(28(24)17-20-12-8-9-13-22(20)26)18(2)21(25(29)30)15-19-10-6-5-7-11-19/h5-13,16H,3-4,14-15,17H2,1-2H3,(H,29,30)/b21-18+. The zero-order valence-corrected chi connectivity index (χ0v) is 18.2. The van der Waals surface area contributed by atoms with E-state index in [4.69, 9.17) is 11.6 Å². The summed E-state index contributed by atoms with van der Waals surface area (Å²) in [6.07, 6.45) is 5.10. The minimum atomic E-state index is -0.906. The number of halogens is 1. The lowest BCUT2D eigenvalue weighted by atomic mass is 9.99. The molecule has 0 aliphatic rings. The molecule has 0 fully saturated rings. The molecular weight excluding hydrogens is 396 g/mol. The number of unbranched alkanes of at least 4 members (excludes halogenated alkanes) is 1. The van der Waals surface area contributed by atoms with Crippen molar-refractivity contribution in [3.05, 3.63) is 94.0 Å². The fourth-order valence-electron chi connectivity index (χ4n) is 3.54. The average molecular weight is 423 g/mol. The van der Waals surface area contributed by atoms with Gasteiger partial charge in [0.15, 0.2) is 0 Å². The van der Waals surface area contributed by atoms with Gasteiger partial charge in [-0.2, -0.15) is 0 Å². The monoisotopic (exact) mass is 422 g/mol. The first-order chi connectivity index (χ1) is 14.5. The number of carboxylic acids is 1. The van der Waals surface area contributed by atoms with Crippen LogP contribution in [0.15, 0.2) is 66.4 Å². The number of hydrogen-bond donors (Lipinski definition) is 1. The molecule has 3 rings (SSSR count). The van der Waals surface area contributed by atoms with Crippen molar-refractivity contribution in [2.75, 3.05) is 0 Å². The second kappa shape index (κ2) is 10.3. The molecule has 0 saturated heterocycles. The number of nitrogens with zero attached hydrogens (tertiary/aromatic N) is 2. The number of imidazole rings is 1. The van der Waals surface area contributed by atoms with Crippen LogP contribution in [0.2, 0.25) is 5.02 Å². The van der Waals surface area contributed by atoms with E-state index in [1.54, 1.807) is 6.20 Å². The minimum Gasteiger partial charge on any atom is -0.478 e. The summed E-state index contributed by atoms with van der Waals surface area (Å²) in [5, 5.41) is 10.6. The Hall–Kier alpha value is -2.85. The van der Waals surface area contributed by atoms with Gasteiger partial charge in [-0.1, -0.05) is 73.5 Å². The minimum absolute atomic E-state index is 0.365. The van der Waals surface area contributed by atoms with Crippen LogP contribution in [0, 0.1) is 0 Å². The van der Waals surface area contributed by atoms with Gasteiger partial charge in [-0.15, -0.1) is 0 Å². The molecule has 0 saturated carbocycles. The van der Waals surface area contributed by atoms with Crippen LogP contribution in [0.3, 0.4) is 0 Å². The molecule has 1 N–H and O–H groups in total. The summed E-state index contributed by atoms with van der Waals surface area (Å²) in [7, 11) is 0. The van der Waals surface area contributed by atoms with Crippen molar-refractivity contribution in [3.63, 3.8) is 0 Å². The quantitative estimate of drug-likeness (QED) is 0.428. The van der Waals surface area contributed by atoms with Crippen LogP contribution in [0.5, 0.6) is 0 Å². The van der Waals surface area contributed by atoms with Crippen molar-refractivity contribution in [1.29, 1.82) is 0 Å². The molecule has 3 aromatic rings. The lowest BCUT2D eigenvalue weighted by molar-refractivity contribution is -0.132. The van der Waals surface area contributed by atoms with Crippen molar-refractivity contribution in [1.82, 2.24) is 9.55 Å². The van der Waals surface area contributed by atoms with E-state index < -0.39 is 5.97 Å². The van der Waals surface area contributed by atoms with Crippen molar-refractivity contribution in [2.24, 2.45) is 0 Å². The maximum absolute atomic E-state index is 12.1. The summed E-state index contributed by atoms with van der Waals surface area (Å²) < 4.78 is 2.11. The Morgan fingerprint density at radius 3 is 2.47 bits per heavy atom. The molecule has 0 aliphatic heterocycles. The molecule has 0 radical (unpaired) electrons. The molecule has 1 aromatic heterocycles. The molecule has 0 bridgehead atoms. The number of aryl methyl sites for hydroxylation is 1. The van der Waals surface area contributed by atoms with Crippen molar-refractivity contribution >= 4 is 23.1 Å². The number of carbonyl (C=O) groups is 1. The van der Waals surface area contributed by atoms with Gasteiger partial charge < -0.3 is 9.67 Å². The van der Waals surface area contributed by atoms with Crippen LogP contribution < -0.4 is 0 Å². The van der Waals surface area contributed by atoms with Gasteiger partial charge in [0, 0.05) is 23.4 Å². The highest BCUT2D eigenvalue weighted by Gasteiger charge is 2.19. The molecule has 0 amide bonds. The third-order valence-electron chi connectivity index (χ3n) is 5.30. The normalized spacial score (nSPS) is 12.0. The van der Waals surface area contributed by atoms with Gasteiger partial charge in [-0.3, -0.25) is 0 Å². The van der Waals surface area contributed by atoms with Gasteiger partial charge in [0.05, 0.1) is 18.4 Å². The maximum Gasteiger partial charge on any atom is 0.332 e. The van der Waals surface area contributed by atoms with E-state index in [9.17, 15) is 9.90 Å². The Labute approximate surface area is 182 Å². The van der Waals surface area contributed by atoms with E-state index in [-0.39, 0.29) is 0 Å². The van der Waals surface area contributed by atoms with Crippen LogP contribution >= 0.6 is 11.6 Å². The van der Waals surface area contributed by atoms with Crippen LogP contribution in [-0.2, 0) is 24.2 Å². The maximum atomic E-state index is 12.1. The van der Waals surface area contributed by atoms with E-state index in [1.165, 1.54) is 0 Å². The number of carboxylic acid groups (broad SMARTS) is 1. The van der Waals surface area contributed by atoms with E-state index in [0.29, 0.717) is 23.6 Å². The molecule has 156 valence electrons. The predicted octanol–water partition coefficient (Wildman–Crippen LogP) is 6.03. The highest BCUT2D eigenvalue weighted by atomic mass is 35.5. The lowest BCUT2D eigenvalue weighted by Crippen LogP contribution is -2.12. The van der Waals surface area contributed by atoms with E-state index in [0.717, 1.165) is 47.5 Å². The fourth-order valence-corrected chi connectivity index (χ4v) is 3.74. The second-order valence-electron chi connectivity index (χ2n) is 7.41. The van der Waals surface area contributed by atoms with Gasteiger partial charge in [-0.25, -0.2) is 9.78 Å². The third kappa shape index (κ3) is 5.19. The number of allylic oxidation sites excluding steroid dienone is 1. The van der Waals surface area contributed by atoms with Crippen LogP contribution in [-0.4, -0.2) is 20.6 Å². The molecule has 0 atom stereocenters. The molecule has 30 heavy (non-hydrogen) atoms. The first kappa shape index (κ1) is 21.8. The van der Waals surface area contributed by atoms with E-state index in [2.05, 4.69) is 16.5 Å². The summed E-state index contributed by atoms with van der Waals surface area (Å²) in [5.41, 5.74) is 3.90. The highest BCUT2D eigenvalue weighted by molar-refractivity contribution is 6.31. The van der Waals surface area contributed by atoms with Crippen LogP contribution in [0.4, 0.5) is 0 Å². The molecule has 2 aromatic carbocycles. The summed E-state index contributed by atoms with van der Waals surface area (Å²) in [6, 6.07) is 17.4. The first-order valence-electron chi connectivity index (χ1n) is 10.3. The summed E-state index contributed by atoms with van der Waals surface area (Å²) in [6.45, 7) is 4.58. The van der Waals surface area contributed by atoms with Gasteiger partial charge in [0.1, 0.15) is 5.82 Å². The highest BCUT2D eigenvalue weighted by Crippen LogP contribution is 2.26. The first-order valence-corrected chi connectivity index (χ1v) is 10.6. The molecule has 1 heterocycles. The molecule has 4 nitrogen and oxygen atoms in total. The van der Waals surface area contributed by atoms with Gasteiger partial charge in [-0.05, 0) is 36.1 Å². The number of aromatic nitrogens is 2. The summed E-state index contributed by atoms with van der Waals surface area (Å²) in [5.74, 6) is 0.0486. The van der Waals surface area contributed by atoms with Crippen molar-refractivity contribution in [2.45, 2.75) is 46.1 Å². The third-order valence-corrected chi connectivity index (χ3v) is 5.67. The topological polar surface area (TPSA) is 55.1 Å². The van der Waals surface area contributed by atoms with Gasteiger partial charge in [0.2, 0.25) is 0 Å². The number of rotatable bonds is 9. The van der Waals surface area contributed by atoms with Crippen LogP contribution in [0.25, 0.3) is 5.57 Å². The molecule has 5 heteroatoms. The average Bonchev–Trinajstić information content (AvgIpc) is 3.14. The van der Waals surface area contributed by atoms with Gasteiger partial charge in [0.25, 0.3) is 0 Å². The Balaban J connectivity index is 2.06. The molecule has 0 spiro atoms. The van der Waals surface area contributed by atoms with Crippen molar-refractivity contribution in [3.8, 4) is 0 Å². The zero-order chi connectivity index (χ0) is 21.5. The summed E-state index contributed by atoms with van der Waals surface area (Å²) in [4.78, 5) is 16.8. The Bertz CT molecular complexity index is 1040. The SMILES string of the molecule is CCCCc1ncc(/C(C)=C(\Cc2ccccc2)C(=O)O)n1Cc1ccccc1Cl. The Morgan fingerprint density at radius 2 is 1.80 bits per heavy atom. The molecule has 0 aliphatic carbocycles. The zero-order valence-electron chi connectivity index (χ0n) is 17.4. The Kier molecular flexibility index (Phi) is 7.47. The Morgan fingerprint density at radius 1 is 1.10 bits per heavy atom.